The molecule has 1 fully saturated rings. The van der Waals surface area contributed by atoms with E-state index in [-0.39, 0.29) is 23.0 Å². The Labute approximate surface area is 194 Å². The van der Waals surface area contributed by atoms with E-state index in [1.165, 1.54) is 18.3 Å². The highest BCUT2D eigenvalue weighted by Gasteiger charge is 2.30. The first-order valence-corrected chi connectivity index (χ1v) is 11.0. The second-order valence-corrected chi connectivity index (χ2v) is 8.65. The number of aromatic nitrogens is 1. The van der Waals surface area contributed by atoms with Crippen LogP contribution in [0.15, 0.2) is 47.4 Å². The molecule has 172 valence electrons. The summed E-state index contributed by atoms with van der Waals surface area (Å²) in [6.07, 6.45) is 2.75. The average molecular weight is 472 g/mol. The van der Waals surface area contributed by atoms with Crippen molar-refractivity contribution in [2.75, 3.05) is 18.4 Å². The van der Waals surface area contributed by atoms with E-state index in [1.54, 1.807) is 36.1 Å². The number of carboxylic acid groups (broad SMARTS) is 1. The maximum absolute atomic E-state index is 13.5. The first-order chi connectivity index (χ1) is 15.7. The molecule has 4 rings (SSSR count). The van der Waals surface area contributed by atoms with Crippen LogP contribution in [0, 0.1) is 11.7 Å². The summed E-state index contributed by atoms with van der Waals surface area (Å²) in [6, 6.07) is 8.62. The van der Waals surface area contributed by atoms with E-state index in [9.17, 15) is 23.9 Å². The van der Waals surface area contributed by atoms with Crippen LogP contribution in [0.5, 0.6) is 0 Å². The van der Waals surface area contributed by atoms with Crippen LogP contribution >= 0.6 is 11.6 Å². The van der Waals surface area contributed by atoms with E-state index in [1.807, 2.05) is 0 Å². The van der Waals surface area contributed by atoms with Crippen LogP contribution in [-0.2, 0) is 9.59 Å². The number of carbonyl (C=O) groups is 2. The van der Waals surface area contributed by atoms with E-state index in [2.05, 4.69) is 10.3 Å². The van der Waals surface area contributed by atoms with Crippen LogP contribution in [0.25, 0.3) is 21.9 Å². The summed E-state index contributed by atoms with van der Waals surface area (Å²) in [5.74, 6) is -2.09. The number of fused-ring (bicyclic) bond motifs is 1. The third-order valence-electron chi connectivity index (χ3n) is 5.96. The molecule has 2 aromatic carbocycles. The highest BCUT2D eigenvalue weighted by Crippen LogP contribution is 2.33. The Kier molecular flexibility index (Phi) is 6.37. The van der Waals surface area contributed by atoms with Crippen molar-refractivity contribution in [3.63, 3.8) is 0 Å². The number of aliphatic carboxylic acids is 1. The summed E-state index contributed by atoms with van der Waals surface area (Å²) >= 11 is 6.22. The predicted molar refractivity (Wildman–Crippen MR) is 125 cm³/mol. The predicted octanol–water partition coefficient (Wildman–Crippen LogP) is 4.11. The molecule has 0 bridgehead atoms. The summed E-state index contributed by atoms with van der Waals surface area (Å²) in [7, 11) is 0. The molecule has 0 aliphatic carbocycles. The van der Waals surface area contributed by atoms with E-state index < -0.39 is 23.7 Å². The lowest BCUT2D eigenvalue weighted by atomic mass is 9.97. The molecule has 1 amide bonds. The van der Waals surface area contributed by atoms with Gasteiger partial charge in [0.25, 0.3) is 5.56 Å². The number of H-pyrrole nitrogens is 1. The molecule has 0 saturated carbocycles. The molecule has 3 aromatic rings. The molecular formula is C24H23ClFN3O4. The van der Waals surface area contributed by atoms with Gasteiger partial charge in [-0.3, -0.25) is 14.4 Å². The lowest BCUT2D eigenvalue weighted by molar-refractivity contribution is -0.145. The normalized spacial score (nSPS) is 17.1. The number of hydrogen-bond donors (Lipinski definition) is 3. The summed E-state index contributed by atoms with van der Waals surface area (Å²) < 4.78 is 13.5. The fourth-order valence-corrected chi connectivity index (χ4v) is 4.51. The Balaban J connectivity index is 1.59. The van der Waals surface area contributed by atoms with Gasteiger partial charge in [0.1, 0.15) is 11.9 Å². The van der Waals surface area contributed by atoms with Gasteiger partial charge in [-0.05, 0) is 55.5 Å². The Morgan fingerprint density at radius 2 is 2.00 bits per heavy atom. The largest absolute Gasteiger partial charge is 0.481 e. The van der Waals surface area contributed by atoms with Gasteiger partial charge in [-0.15, -0.1) is 0 Å². The van der Waals surface area contributed by atoms with E-state index in [0.717, 1.165) is 0 Å². The Morgan fingerprint density at radius 1 is 1.21 bits per heavy atom. The van der Waals surface area contributed by atoms with Crippen molar-refractivity contribution in [3.8, 4) is 11.1 Å². The van der Waals surface area contributed by atoms with Crippen LogP contribution in [0.2, 0.25) is 5.02 Å². The number of carboxylic acids is 1. The van der Waals surface area contributed by atoms with Gasteiger partial charge in [-0.2, -0.15) is 0 Å². The highest BCUT2D eigenvalue weighted by molar-refractivity contribution is 6.33. The molecular weight excluding hydrogens is 449 g/mol. The minimum absolute atomic E-state index is 0.193. The van der Waals surface area contributed by atoms with Crippen molar-refractivity contribution >= 4 is 39.9 Å². The standard InChI is InChI=1S/C24H23ClFN3O4/c1-13(23(31)29-8-2-3-14(12-29)24(32)33)28-16-5-7-17-19(10-16)22(30)27-11-20(17)18-6-4-15(26)9-21(18)25/h4-7,9-11,13-14,28H,2-3,8,12H2,1H3,(H,27,30)(H,32,33)/t13-,14-/m0/s1. The number of benzene rings is 2. The topological polar surface area (TPSA) is 103 Å². The zero-order valence-corrected chi connectivity index (χ0v) is 18.7. The molecule has 1 saturated heterocycles. The molecule has 3 N–H and O–H groups in total. The maximum atomic E-state index is 13.5. The summed E-state index contributed by atoms with van der Waals surface area (Å²) in [6.45, 7) is 2.42. The van der Waals surface area contributed by atoms with Gasteiger partial charge >= 0.3 is 5.97 Å². The SMILES string of the molecule is C[C@H](Nc1ccc2c(-c3ccc(F)cc3Cl)c[nH]c(=O)c2c1)C(=O)N1CCC[C@H](C(=O)O)C1. The summed E-state index contributed by atoms with van der Waals surface area (Å²) in [5.41, 5.74) is 1.50. The number of halogens is 2. The fraction of sp³-hybridized carbons (Fsp3) is 0.292. The first-order valence-electron chi connectivity index (χ1n) is 10.6. The molecule has 2 atom stereocenters. The number of aromatic amines is 1. The molecule has 1 aliphatic rings. The second-order valence-electron chi connectivity index (χ2n) is 8.24. The second kappa shape index (κ2) is 9.23. The molecule has 33 heavy (non-hydrogen) atoms. The quantitative estimate of drug-likeness (QED) is 0.519. The maximum Gasteiger partial charge on any atom is 0.308 e. The lowest BCUT2D eigenvalue weighted by Crippen LogP contribution is -2.47. The van der Waals surface area contributed by atoms with Crippen molar-refractivity contribution < 1.29 is 19.1 Å². The summed E-state index contributed by atoms with van der Waals surface area (Å²) in [5, 5.41) is 13.6. The monoisotopic (exact) mass is 471 g/mol. The highest BCUT2D eigenvalue weighted by atomic mass is 35.5. The molecule has 1 aliphatic heterocycles. The number of amides is 1. The van der Waals surface area contributed by atoms with Crippen molar-refractivity contribution in [1.82, 2.24) is 9.88 Å². The number of pyridine rings is 1. The summed E-state index contributed by atoms with van der Waals surface area (Å²) in [4.78, 5) is 40.9. The van der Waals surface area contributed by atoms with E-state index >= 15 is 0 Å². The van der Waals surface area contributed by atoms with Crippen molar-refractivity contribution in [2.24, 2.45) is 5.92 Å². The van der Waals surface area contributed by atoms with Gasteiger partial charge in [0.05, 0.1) is 10.9 Å². The molecule has 0 radical (unpaired) electrons. The van der Waals surface area contributed by atoms with Gasteiger partial charge in [-0.1, -0.05) is 17.7 Å². The van der Waals surface area contributed by atoms with Gasteiger partial charge in [0, 0.05) is 41.5 Å². The Hall–Kier alpha value is -3.39. The third-order valence-corrected chi connectivity index (χ3v) is 6.27. The van der Waals surface area contributed by atoms with Gasteiger partial charge in [0.15, 0.2) is 0 Å². The van der Waals surface area contributed by atoms with Crippen LogP contribution < -0.4 is 10.9 Å². The third kappa shape index (κ3) is 4.71. The zero-order chi connectivity index (χ0) is 23.7. The number of anilines is 1. The smallest absolute Gasteiger partial charge is 0.308 e. The van der Waals surface area contributed by atoms with Crippen LogP contribution in [0.4, 0.5) is 10.1 Å². The molecule has 0 unspecified atom stereocenters. The van der Waals surface area contributed by atoms with Crippen molar-refractivity contribution in [2.45, 2.75) is 25.8 Å². The van der Waals surface area contributed by atoms with E-state index in [4.69, 9.17) is 11.6 Å². The molecule has 7 nitrogen and oxygen atoms in total. The van der Waals surface area contributed by atoms with Crippen molar-refractivity contribution in [1.29, 1.82) is 0 Å². The van der Waals surface area contributed by atoms with Crippen LogP contribution in [-0.4, -0.2) is 46.0 Å². The Morgan fingerprint density at radius 3 is 2.73 bits per heavy atom. The van der Waals surface area contributed by atoms with Gasteiger partial charge in [0.2, 0.25) is 5.91 Å². The zero-order valence-electron chi connectivity index (χ0n) is 17.9. The minimum Gasteiger partial charge on any atom is -0.481 e. The van der Waals surface area contributed by atoms with Crippen LogP contribution in [0.3, 0.4) is 0 Å². The minimum atomic E-state index is -0.890. The van der Waals surface area contributed by atoms with Gasteiger partial charge < -0.3 is 20.3 Å². The van der Waals surface area contributed by atoms with Crippen LogP contribution in [0.1, 0.15) is 19.8 Å². The number of likely N-dealkylation sites (tertiary alicyclic amines) is 1. The fourth-order valence-electron chi connectivity index (χ4n) is 4.25. The molecule has 9 heteroatoms. The van der Waals surface area contributed by atoms with Crippen molar-refractivity contribution in [3.05, 3.63) is 63.8 Å². The molecule has 1 aromatic heterocycles. The number of nitrogens with zero attached hydrogens (tertiary/aromatic N) is 1. The molecule has 2 heterocycles. The first kappa shape index (κ1) is 22.8. The Bertz CT molecular complexity index is 1290. The average Bonchev–Trinajstić information content (AvgIpc) is 2.79. The number of carbonyl (C=O) groups excluding carboxylic acids is 1. The molecule has 0 spiro atoms. The number of rotatable bonds is 5. The van der Waals surface area contributed by atoms with E-state index in [0.29, 0.717) is 47.0 Å². The number of nitrogens with one attached hydrogen (secondary N) is 2. The lowest BCUT2D eigenvalue weighted by Gasteiger charge is -2.33. The number of hydrogen-bond acceptors (Lipinski definition) is 4. The number of piperidine rings is 1. The van der Waals surface area contributed by atoms with Gasteiger partial charge in [-0.25, -0.2) is 4.39 Å².